The molecule has 7 nitrogen and oxygen atoms in total. The molecule has 1 aromatic carbocycles. The van der Waals surface area contributed by atoms with Crippen LogP contribution in [0.2, 0.25) is 5.02 Å². The molecule has 2 aromatic rings. The average Bonchev–Trinajstić information content (AvgIpc) is 3.00. The van der Waals surface area contributed by atoms with E-state index in [0.29, 0.717) is 5.75 Å². The molecule has 0 aliphatic carbocycles. The molecule has 1 heterocycles. The van der Waals surface area contributed by atoms with E-state index in [4.69, 9.17) is 16.3 Å². The van der Waals surface area contributed by atoms with E-state index in [1.807, 2.05) is 0 Å². The van der Waals surface area contributed by atoms with Crippen LogP contribution < -0.4 is 4.74 Å². The van der Waals surface area contributed by atoms with Crippen LogP contribution >= 0.6 is 11.6 Å². The summed E-state index contributed by atoms with van der Waals surface area (Å²) in [5, 5.41) is 33.2. The molecule has 0 amide bonds. The third-order valence-corrected chi connectivity index (χ3v) is 3.35. The van der Waals surface area contributed by atoms with Crippen molar-refractivity contribution < 1.29 is 20.1 Å². The largest absolute Gasteiger partial charge is 0.506 e. The number of phenols is 1. The molecule has 0 fully saturated rings. The summed E-state index contributed by atoms with van der Waals surface area (Å²) < 4.78 is 7.00. The molecule has 0 radical (unpaired) electrons. The van der Waals surface area contributed by atoms with Crippen molar-refractivity contribution in [1.29, 1.82) is 0 Å². The SMILES string of the molecule is CC(CO)C(O)C(Oc1ccc(Cl)c(O)c1)n1cncn1. The Morgan fingerprint density at radius 3 is 2.76 bits per heavy atom. The predicted octanol–water partition coefficient (Wildman–Crippen LogP) is 1.20. The van der Waals surface area contributed by atoms with E-state index >= 15 is 0 Å². The Morgan fingerprint density at radius 1 is 1.43 bits per heavy atom. The third kappa shape index (κ3) is 3.63. The number of phenolic OH excluding ortho intramolecular Hbond substituents is 1. The van der Waals surface area contributed by atoms with E-state index in [1.54, 1.807) is 13.0 Å². The lowest BCUT2D eigenvalue weighted by molar-refractivity contribution is -0.0563. The van der Waals surface area contributed by atoms with Gasteiger partial charge in [-0.05, 0) is 12.1 Å². The first-order chi connectivity index (χ1) is 10.0. The molecule has 0 aliphatic rings. The summed E-state index contributed by atoms with van der Waals surface area (Å²) in [4.78, 5) is 3.81. The third-order valence-electron chi connectivity index (χ3n) is 3.03. The van der Waals surface area contributed by atoms with Gasteiger partial charge in [0.2, 0.25) is 6.23 Å². The molecule has 3 N–H and O–H groups in total. The summed E-state index contributed by atoms with van der Waals surface area (Å²) in [5.74, 6) is -0.252. The maximum atomic E-state index is 10.3. The number of rotatable bonds is 6. The fourth-order valence-electron chi connectivity index (χ4n) is 1.72. The second kappa shape index (κ2) is 6.75. The van der Waals surface area contributed by atoms with Crippen molar-refractivity contribution in [3.63, 3.8) is 0 Å². The Morgan fingerprint density at radius 2 is 2.19 bits per heavy atom. The second-order valence-corrected chi connectivity index (χ2v) is 5.05. The van der Waals surface area contributed by atoms with Crippen LogP contribution in [0.4, 0.5) is 0 Å². The lowest BCUT2D eigenvalue weighted by Crippen LogP contribution is -2.35. The highest BCUT2D eigenvalue weighted by Gasteiger charge is 2.28. The van der Waals surface area contributed by atoms with Crippen molar-refractivity contribution in [3.05, 3.63) is 35.9 Å². The Balaban J connectivity index is 2.25. The molecule has 0 saturated heterocycles. The van der Waals surface area contributed by atoms with Crippen molar-refractivity contribution in [2.24, 2.45) is 5.92 Å². The molecule has 8 heteroatoms. The summed E-state index contributed by atoms with van der Waals surface area (Å²) >= 11 is 5.74. The van der Waals surface area contributed by atoms with E-state index in [1.165, 1.54) is 29.5 Å². The van der Waals surface area contributed by atoms with Crippen LogP contribution in [0, 0.1) is 5.92 Å². The van der Waals surface area contributed by atoms with Crippen LogP contribution in [0.25, 0.3) is 0 Å². The van der Waals surface area contributed by atoms with Crippen LogP contribution in [0.15, 0.2) is 30.9 Å². The molecule has 3 unspecified atom stereocenters. The summed E-state index contributed by atoms with van der Waals surface area (Å²) in [6.45, 7) is 1.47. The van der Waals surface area contributed by atoms with Gasteiger partial charge in [-0.2, -0.15) is 5.10 Å². The van der Waals surface area contributed by atoms with Crippen molar-refractivity contribution in [2.75, 3.05) is 6.61 Å². The first-order valence-corrected chi connectivity index (χ1v) is 6.69. The van der Waals surface area contributed by atoms with Gasteiger partial charge in [0, 0.05) is 18.6 Å². The fraction of sp³-hybridized carbons (Fsp3) is 0.385. The van der Waals surface area contributed by atoms with E-state index in [0.717, 1.165) is 0 Å². The molecule has 3 atom stereocenters. The number of aromatic nitrogens is 3. The Labute approximate surface area is 126 Å². The normalized spacial score (nSPS) is 15.4. The number of aliphatic hydroxyl groups is 2. The van der Waals surface area contributed by atoms with Gasteiger partial charge in [0.25, 0.3) is 0 Å². The second-order valence-electron chi connectivity index (χ2n) is 4.65. The van der Waals surface area contributed by atoms with Crippen molar-refractivity contribution in [1.82, 2.24) is 14.8 Å². The smallest absolute Gasteiger partial charge is 0.219 e. The Bertz CT molecular complexity index is 579. The molecule has 21 heavy (non-hydrogen) atoms. The molecular formula is C13H16ClN3O4. The average molecular weight is 314 g/mol. The van der Waals surface area contributed by atoms with Gasteiger partial charge in [-0.1, -0.05) is 18.5 Å². The molecule has 114 valence electrons. The van der Waals surface area contributed by atoms with E-state index in [-0.39, 0.29) is 17.4 Å². The molecule has 1 aromatic heterocycles. The van der Waals surface area contributed by atoms with E-state index in [2.05, 4.69) is 10.1 Å². The number of hydrogen-bond acceptors (Lipinski definition) is 6. The summed E-state index contributed by atoms with van der Waals surface area (Å²) in [7, 11) is 0. The summed E-state index contributed by atoms with van der Waals surface area (Å²) in [5.41, 5.74) is 0. The highest BCUT2D eigenvalue weighted by atomic mass is 35.5. The fourth-order valence-corrected chi connectivity index (χ4v) is 1.84. The zero-order chi connectivity index (χ0) is 15.4. The maximum Gasteiger partial charge on any atom is 0.219 e. The number of aromatic hydroxyl groups is 1. The first-order valence-electron chi connectivity index (χ1n) is 6.31. The Kier molecular flexibility index (Phi) is 5.00. The molecule has 0 spiro atoms. The number of halogens is 1. The van der Waals surface area contributed by atoms with Crippen molar-refractivity contribution >= 4 is 11.6 Å². The molecular weight excluding hydrogens is 298 g/mol. The Hall–Kier alpha value is -1.83. The van der Waals surface area contributed by atoms with Crippen LogP contribution in [-0.4, -0.2) is 42.8 Å². The van der Waals surface area contributed by atoms with Gasteiger partial charge in [-0.3, -0.25) is 0 Å². The lowest BCUT2D eigenvalue weighted by atomic mass is 10.0. The van der Waals surface area contributed by atoms with Gasteiger partial charge in [0.1, 0.15) is 30.3 Å². The number of hydrogen-bond donors (Lipinski definition) is 3. The molecule has 2 rings (SSSR count). The van der Waals surface area contributed by atoms with Crippen LogP contribution in [0.1, 0.15) is 13.2 Å². The van der Waals surface area contributed by atoms with Crippen LogP contribution in [-0.2, 0) is 0 Å². The van der Waals surface area contributed by atoms with E-state index in [9.17, 15) is 15.3 Å². The standard InChI is InChI=1S/C13H16ClN3O4/c1-8(5-18)12(20)13(17-7-15-6-16-17)21-9-2-3-10(14)11(19)4-9/h2-4,6-8,12-13,18-20H,5H2,1H3. The summed E-state index contributed by atoms with van der Waals surface area (Å²) in [6, 6.07) is 4.37. The van der Waals surface area contributed by atoms with Gasteiger partial charge in [0.15, 0.2) is 0 Å². The topological polar surface area (TPSA) is 101 Å². The van der Waals surface area contributed by atoms with Gasteiger partial charge >= 0.3 is 0 Å². The van der Waals surface area contributed by atoms with E-state index < -0.39 is 18.2 Å². The van der Waals surface area contributed by atoms with Gasteiger partial charge < -0.3 is 20.1 Å². The first kappa shape index (κ1) is 15.6. The number of ether oxygens (including phenoxy) is 1. The van der Waals surface area contributed by atoms with Crippen molar-refractivity contribution in [3.8, 4) is 11.5 Å². The minimum absolute atomic E-state index is 0.129. The predicted molar refractivity (Wildman–Crippen MR) is 75.1 cm³/mol. The highest BCUT2D eigenvalue weighted by molar-refractivity contribution is 6.32. The highest BCUT2D eigenvalue weighted by Crippen LogP contribution is 2.30. The van der Waals surface area contributed by atoms with Crippen molar-refractivity contribution in [2.45, 2.75) is 19.3 Å². The molecule has 0 aliphatic heterocycles. The zero-order valence-electron chi connectivity index (χ0n) is 11.3. The van der Waals surface area contributed by atoms with Gasteiger partial charge in [-0.15, -0.1) is 0 Å². The minimum atomic E-state index is -1.02. The maximum absolute atomic E-state index is 10.3. The minimum Gasteiger partial charge on any atom is -0.506 e. The van der Waals surface area contributed by atoms with Crippen LogP contribution in [0.3, 0.4) is 0 Å². The van der Waals surface area contributed by atoms with Gasteiger partial charge in [0.05, 0.1) is 5.02 Å². The quantitative estimate of drug-likeness (QED) is 0.741. The number of benzene rings is 1. The molecule has 0 saturated carbocycles. The number of nitrogens with zero attached hydrogens (tertiary/aromatic N) is 3. The lowest BCUT2D eigenvalue weighted by Gasteiger charge is -2.27. The summed E-state index contributed by atoms with van der Waals surface area (Å²) in [6.07, 6.45) is 0.796. The number of aliphatic hydroxyl groups excluding tert-OH is 2. The van der Waals surface area contributed by atoms with Crippen LogP contribution in [0.5, 0.6) is 11.5 Å². The van der Waals surface area contributed by atoms with Gasteiger partial charge in [-0.25, -0.2) is 9.67 Å². The molecule has 0 bridgehead atoms. The monoisotopic (exact) mass is 313 g/mol. The zero-order valence-corrected chi connectivity index (χ0v) is 12.1.